The molecule has 6 heteroatoms. The summed E-state index contributed by atoms with van der Waals surface area (Å²) in [7, 11) is 2.83. The highest BCUT2D eigenvalue weighted by atomic mass is 16.5. The van der Waals surface area contributed by atoms with E-state index in [0.717, 1.165) is 34.1 Å². The van der Waals surface area contributed by atoms with E-state index in [2.05, 4.69) is 9.80 Å². The summed E-state index contributed by atoms with van der Waals surface area (Å²) < 4.78 is 11.4. The minimum atomic E-state index is -0.422. The Morgan fingerprint density at radius 1 is 0.340 bits per heavy atom. The fraction of sp³-hybridized carbons (Fsp3) is 0.0455. The van der Waals surface area contributed by atoms with Crippen LogP contribution in [0.4, 0.5) is 34.1 Å². The highest BCUT2D eigenvalue weighted by molar-refractivity contribution is 6.46. The molecule has 244 valence electrons. The Kier molecular flexibility index (Phi) is 9.08. The first-order valence-electron chi connectivity index (χ1n) is 16.3. The van der Waals surface area contributed by atoms with Gasteiger partial charge in [-0.1, -0.05) is 97.1 Å². The number of hydrogen-bond acceptors (Lipinski definition) is 6. The van der Waals surface area contributed by atoms with Crippen LogP contribution in [-0.4, -0.2) is 25.8 Å². The lowest BCUT2D eigenvalue weighted by Gasteiger charge is -2.27. The van der Waals surface area contributed by atoms with Gasteiger partial charge in [0.1, 0.15) is 0 Å². The van der Waals surface area contributed by atoms with E-state index in [1.807, 2.05) is 170 Å². The van der Waals surface area contributed by atoms with Crippen LogP contribution in [0.5, 0.6) is 0 Å². The summed E-state index contributed by atoms with van der Waals surface area (Å²) >= 11 is 0. The topological polar surface area (TPSA) is 59.1 Å². The van der Waals surface area contributed by atoms with E-state index in [0.29, 0.717) is 11.1 Å². The van der Waals surface area contributed by atoms with E-state index >= 15 is 0 Å². The smallest absolute Gasteiger partial charge is 0.232 e. The third kappa shape index (κ3) is 6.06. The van der Waals surface area contributed by atoms with Crippen LogP contribution in [0.2, 0.25) is 0 Å². The molecule has 0 atom stereocenters. The lowest BCUT2D eigenvalue weighted by atomic mass is 9.86. The molecule has 7 rings (SSSR count). The number of allylic oxidation sites excluding steroid dienone is 2. The molecule has 0 aromatic heterocycles. The standard InChI is InChI=1S/C44H34N2O4/c1-49-43-39(31-23-27-37(28-24-31)45(33-15-7-3-8-16-33)34-17-9-4-10-18-34)42(48)44(50-2)40(41(43)47)32-25-29-38(30-26-32)46(35-19-11-5-12-20-35)36-21-13-6-14-22-36/h3-30H,1-2H3. The summed E-state index contributed by atoms with van der Waals surface area (Å²) in [6, 6.07) is 55.3. The van der Waals surface area contributed by atoms with Crippen LogP contribution in [0.3, 0.4) is 0 Å². The maximum absolute atomic E-state index is 14.2. The number of carbonyl (C=O) groups is 2. The van der Waals surface area contributed by atoms with Crippen molar-refractivity contribution in [2.75, 3.05) is 24.0 Å². The van der Waals surface area contributed by atoms with Crippen molar-refractivity contribution in [3.63, 3.8) is 0 Å². The van der Waals surface area contributed by atoms with Gasteiger partial charge in [-0.3, -0.25) is 9.59 Å². The molecule has 0 unspecified atom stereocenters. The molecule has 0 spiro atoms. The van der Waals surface area contributed by atoms with Gasteiger partial charge in [-0.2, -0.15) is 0 Å². The molecule has 6 nitrogen and oxygen atoms in total. The molecule has 0 radical (unpaired) electrons. The number of hydrogen-bond donors (Lipinski definition) is 0. The van der Waals surface area contributed by atoms with E-state index in [9.17, 15) is 9.59 Å². The van der Waals surface area contributed by atoms with Crippen molar-refractivity contribution in [2.24, 2.45) is 0 Å². The van der Waals surface area contributed by atoms with Crippen molar-refractivity contribution in [1.82, 2.24) is 0 Å². The number of nitrogens with zero attached hydrogens (tertiary/aromatic N) is 2. The molecule has 0 saturated heterocycles. The zero-order chi connectivity index (χ0) is 34.5. The number of benzene rings is 6. The molecular formula is C44H34N2O4. The molecule has 50 heavy (non-hydrogen) atoms. The fourth-order valence-electron chi connectivity index (χ4n) is 6.33. The normalized spacial score (nSPS) is 12.9. The molecule has 0 aliphatic heterocycles. The second-order valence-electron chi connectivity index (χ2n) is 11.6. The molecule has 1 aliphatic carbocycles. The fourth-order valence-corrected chi connectivity index (χ4v) is 6.33. The molecular weight excluding hydrogens is 620 g/mol. The maximum atomic E-state index is 14.2. The summed E-state index contributed by atoms with van der Waals surface area (Å²) in [6.45, 7) is 0. The number of carbonyl (C=O) groups excluding carboxylic acids is 2. The van der Waals surface area contributed by atoms with Crippen molar-refractivity contribution in [2.45, 2.75) is 0 Å². The molecule has 6 aromatic carbocycles. The van der Waals surface area contributed by atoms with Crippen LogP contribution in [0.1, 0.15) is 11.1 Å². The molecule has 1 aliphatic rings. The second kappa shape index (κ2) is 14.2. The van der Waals surface area contributed by atoms with Crippen molar-refractivity contribution in [1.29, 1.82) is 0 Å². The summed E-state index contributed by atoms with van der Waals surface area (Å²) in [5.74, 6) is -0.899. The number of Topliss-reactive ketones (excluding diaryl/α,β-unsaturated/α-hetero) is 2. The van der Waals surface area contributed by atoms with Gasteiger partial charge in [-0.25, -0.2) is 0 Å². The van der Waals surface area contributed by atoms with Gasteiger partial charge in [0.2, 0.25) is 11.6 Å². The van der Waals surface area contributed by atoms with Gasteiger partial charge in [-0.05, 0) is 83.9 Å². The molecule has 0 amide bonds. The monoisotopic (exact) mass is 654 g/mol. The van der Waals surface area contributed by atoms with Crippen molar-refractivity contribution in [3.05, 3.63) is 193 Å². The zero-order valence-electron chi connectivity index (χ0n) is 27.7. The number of ether oxygens (including phenoxy) is 2. The lowest BCUT2D eigenvalue weighted by Crippen LogP contribution is -2.24. The molecule has 0 heterocycles. The number of anilines is 6. The Morgan fingerprint density at radius 3 is 0.820 bits per heavy atom. The Balaban J connectivity index is 1.23. The number of rotatable bonds is 10. The van der Waals surface area contributed by atoms with Gasteiger partial charge in [0, 0.05) is 34.1 Å². The highest BCUT2D eigenvalue weighted by Crippen LogP contribution is 2.40. The summed E-state index contributed by atoms with van der Waals surface area (Å²) in [4.78, 5) is 32.6. The van der Waals surface area contributed by atoms with Crippen molar-refractivity contribution in [3.8, 4) is 0 Å². The average molecular weight is 655 g/mol. The Labute approximate surface area is 291 Å². The van der Waals surface area contributed by atoms with Gasteiger partial charge in [0.05, 0.1) is 25.4 Å². The van der Waals surface area contributed by atoms with E-state index < -0.39 is 11.6 Å². The number of methoxy groups -OCH3 is 2. The minimum Gasteiger partial charge on any atom is -0.492 e. The predicted molar refractivity (Wildman–Crippen MR) is 200 cm³/mol. The van der Waals surface area contributed by atoms with E-state index in [-0.39, 0.29) is 22.7 Å². The quantitative estimate of drug-likeness (QED) is 0.137. The van der Waals surface area contributed by atoms with E-state index in [1.54, 1.807) is 0 Å². The third-order valence-electron chi connectivity index (χ3n) is 8.61. The van der Waals surface area contributed by atoms with Gasteiger partial charge in [0.25, 0.3) is 0 Å². The van der Waals surface area contributed by atoms with Crippen LogP contribution in [0.25, 0.3) is 11.1 Å². The molecule has 0 saturated carbocycles. The molecule has 0 N–H and O–H groups in total. The van der Waals surface area contributed by atoms with Crippen LogP contribution >= 0.6 is 0 Å². The number of ketones is 2. The predicted octanol–water partition coefficient (Wildman–Crippen LogP) is 10.2. The first-order valence-corrected chi connectivity index (χ1v) is 16.3. The highest BCUT2D eigenvalue weighted by Gasteiger charge is 2.38. The Bertz CT molecular complexity index is 1940. The van der Waals surface area contributed by atoms with Crippen LogP contribution in [-0.2, 0) is 19.1 Å². The van der Waals surface area contributed by atoms with Crippen molar-refractivity contribution >= 4 is 56.8 Å². The van der Waals surface area contributed by atoms with Crippen LogP contribution in [0, 0.1) is 0 Å². The van der Waals surface area contributed by atoms with Gasteiger partial charge in [-0.15, -0.1) is 0 Å². The summed E-state index contributed by atoms with van der Waals surface area (Å²) in [6.07, 6.45) is 0. The second-order valence-corrected chi connectivity index (χ2v) is 11.6. The molecule has 6 aromatic rings. The van der Waals surface area contributed by atoms with Crippen LogP contribution < -0.4 is 9.80 Å². The SMILES string of the molecule is COC1=C(c2ccc(N(c3ccccc3)c3ccccc3)cc2)C(=O)C(OC)=C(c2ccc(N(c3ccccc3)c3ccccc3)cc2)C1=O. The van der Waals surface area contributed by atoms with E-state index in [4.69, 9.17) is 9.47 Å². The minimum absolute atomic E-state index is 0.0270. The first-order chi connectivity index (χ1) is 24.6. The Morgan fingerprint density at radius 2 is 0.580 bits per heavy atom. The number of para-hydroxylation sites is 4. The largest absolute Gasteiger partial charge is 0.492 e. The zero-order valence-corrected chi connectivity index (χ0v) is 27.7. The summed E-state index contributed by atoms with van der Waals surface area (Å²) in [5.41, 5.74) is 7.16. The van der Waals surface area contributed by atoms with Gasteiger partial charge >= 0.3 is 0 Å². The Hall–Kier alpha value is -6.66. The molecule has 0 bridgehead atoms. The van der Waals surface area contributed by atoms with Gasteiger partial charge < -0.3 is 19.3 Å². The first kappa shape index (κ1) is 31.9. The van der Waals surface area contributed by atoms with E-state index in [1.165, 1.54) is 14.2 Å². The average Bonchev–Trinajstić information content (AvgIpc) is 3.18. The maximum Gasteiger partial charge on any atom is 0.232 e. The summed E-state index contributed by atoms with van der Waals surface area (Å²) in [5, 5.41) is 0. The van der Waals surface area contributed by atoms with Crippen LogP contribution in [0.15, 0.2) is 181 Å². The molecule has 0 fully saturated rings. The third-order valence-corrected chi connectivity index (χ3v) is 8.61. The van der Waals surface area contributed by atoms with Crippen molar-refractivity contribution < 1.29 is 19.1 Å². The lowest BCUT2D eigenvalue weighted by molar-refractivity contribution is -0.117. The van der Waals surface area contributed by atoms with Gasteiger partial charge in [0.15, 0.2) is 11.5 Å².